The van der Waals surface area contributed by atoms with Crippen LogP contribution in [0.1, 0.15) is 122 Å². The Morgan fingerprint density at radius 3 is 2.08 bits per heavy atom. The fourth-order valence-corrected chi connectivity index (χ4v) is 5.50. The van der Waals surface area contributed by atoms with Gasteiger partial charge in [0.15, 0.2) is 5.82 Å². The Balaban J connectivity index is 1.42. The number of esters is 1. The second-order valence-electron chi connectivity index (χ2n) is 11.2. The van der Waals surface area contributed by atoms with Gasteiger partial charge in [-0.15, -0.1) is 0 Å². The molecular formula is C33H47N3O2. The number of rotatable bonds is 16. The van der Waals surface area contributed by atoms with Crippen molar-refractivity contribution in [3.8, 4) is 23.2 Å². The Labute approximate surface area is 230 Å². The van der Waals surface area contributed by atoms with E-state index in [0.29, 0.717) is 11.6 Å². The van der Waals surface area contributed by atoms with Gasteiger partial charge in [0, 0.05) is 18.0 Å². The van der Waals surface area contributed by atoms with Crippen LogP contribution in [0.5, 0.6) is 5.75 Å². The van der Waals surface area contributed by atoms with Gasteiger partial charge in [-0.2, -0.15) is 5.26 Å². The number of hydrogen-bond donors (Lipinski definition) is 0. The molecule has 3 rings (SSSR count). The number of unbranched alkanes of at least 4 members (excludes halogenated alkanes) is 9. The van der Waals surface area contributed by atoms with Crippen LogP contribution in [0.3, 0.4) is 0 Å². The maximum Gasteiger partial charge on any atom is 0.314 e. The third-order valence-corrected chi connectivity index (χ3v) is 8.13. The molecular weight excluding hydrogens is 470 g/mol. The van der Waals surface area contributed by atoms with Gasteiger partial charge >= 0.3 is 5.97 Å². The van der Waals surface area contributed by atoms with E-state index in [0.717, 1.165) is 50.5 Å². The van der Waals surface area contributed by atoms with Crippen LogP contribution < -0.4 is 4.74 Å². The van der Waals surface area contributed by atoms with Crippen LogP contribution in [-0.2, 0) is 11.2 Å². The summed E-state index contributed by atoms with van der Waals surface area (Å²) < 4.78 is 5.71. The molecule has 0 unspecified atom stereocenters. The number of carbonyl (C=O) groups is 1. The van der Waals surface area contributed by atoms with E-state index in [1.165, 1.54) is 69.8 Å². The van der Waals surface area contributed by atoms with Crippen molar-refractivity contribution >= 4 is 5.97 Å². The highest BCUT2D eigenvalue weighted by atomic mass is 16.5. The van der Waals surface area contributed by atoms with E-state index >= 15 is 0 Å². The summed E-state index contributed by atoms with van der Waals surface area (Å²) in [6, 6.07) is 10.1. The smallest absolute Gasteiger partial charge is 0.314 e. The van der Waals surface area contributed by atoms with E-state index in [4.69, 9.17) is 4.74 Å². The van der Waals surface area contributed by atoms with Crippen molar-refractivity contribution in [1.29, 1.82) is 5.26 Å². The molecule has 1 fully saturated rings. The molecule has 0 aliphatic heterocycles. The number of carbonyl (C=O) groups excluding carboxylic acids is 1. The Hall–Kier alpha value is -2.74. The van der Waals surface area contributed by atoms with Crippen molar-refractivity contribution in [3.63, 3.8) is 0 Å². The lowest BCUT2D eigenvalue weighted by Gasteiger charge is -2.34. The maximum atomic E-state index is 12.8. The van der Waals surface area contributed by atoms with E-state index in [2.05, 4.69) is 29.9 Å². The first kappa shape index (κ1) is 29.8. The summed E-state index contributed by atoms with van der Waals surface area (Å²) in [5.74, 6) is 0.927. The second kappa shape index (κ2) is 16.3. The molecule has 1 aliphatic carbocycles. The fraction of sp³-hybridized carbons (Fsp3) is 0.636. The van der Waals surface area contributed by atoms with Crippen molar-refractivity contribution in [2.45, 2.75) is 123 Å². The molecule has 0 bridgehead atoms. The van der Waals surface area contributed by atoms with Crippen molar-refractivity contribution in [2.24, 2.45) is 11.3 Å². The van der Waals surface area contributed by atoms with Gasteiger partial charge in [-0.05, 0) is 74.8 Å². The number of benzene rings is 1. The summed E-state index contributed by atoms with van der Waals surface area (Å²) in [7, 11) is 0. The molecule has 206 valence electrons. The van der Waals surface area contributed by atoms with E-state index in [1.807, 2.05) is 36.7 Å². The Bertz CT molecular complexity index is 986. The van der Waals surface area contributed by atoms with E-state index < -0.39 is 0 Å². The zero-order valence-corrected chi connectivity index (χ0v) is 23.7. The predicted molar refractivity (Wildman–Crippen MR) is 154 cm³/mol. The summed E-state index contributed by atoms with van der Waals surface area (Å²) in [6.45, 7) is 4.46. The SMILES string of the molecule is CCCCCCCC[C@]1(C#N)CC[C@H](C(=O)Oc2ccc(-c3ncc(CCCCCCC)cn3)cc2)CC1. The summed E-state index contributed by atoms with van der Waals surface area (Å²) in [4.78, 5) is 21.9. The summed E-state index contributed by atoms with van der Waals surface area (Å²) >= 11 is 0. The topological polar surface area (TPSA) is 75.9 Å². The largest absolute Gasteiger partial charge is 0.426 e. The van der Waals surface area contributed by atoms with E-state index in [9.17, 15) is 10.1 Å². The van der Waals surface area contributed by atoms with Crippen LogP contribution >= 0.6 is 0 Å². The molecule has 2 aromatic rings. The average Bonchev–Trinajstić information content (AvgIpc) is 2.96. The molecule has 0 radical (unpaired) electrons. The summed E-state index contributed by atoms with van der Waals surface area (Å²) in [5.41, 5.74) is 1.83. The maximum absolute atomic E-state index is 12.8. The average molecular weight is 518 g/mol. The van der Waals surface area contributed by atoms with Crippen LogP contribution in [0, 0.1) is 22.7 Å². The van der Waals surface area contributed by atoms with Gasteiger partial charge in [0.2, 0.25) is 0 Å². The van der Waals surface area contributed by atoms with E-state index in [1.54, 1.807) is 0 Å². The summed E-state index contributed by atoms with van der Waals surface area (Å²) in [6.07, 6.45) is 22.6. The molecule has 1 saturated carbocycles. The number of ether oxygens (including phenoxy) is 1. The molecule has 0 atom stereocenters. The highest BCUT2D eigenvalue weighted by molar-refractivity contribution is 5.75. The van der Waals surface area contributed by atoms with Gasteiger partial charge in [0.05, 0.1) is 17.4 Å². The molecule has 5 nitrogen and oxygen atoms in total. The minimum atomic E-state index is -0.256. The van der Waals surface area contributed by atoms with Gasteiger partial charge in [0.25, 0.3) is 0 Å². The highest BCUT2D eigenvalue weighted by Crippen LogP contribution is 2.43. The molecule has 0 saturated heterocycles. The molecule has 5 heteroatoms. The van der Waals surface area contributed by atoms with Crippen LogP contribution in [-0.4, -0.2) is 15.9 Å². The molecule has 1 aliphatic rings. The number of aromatic nitrogens is 2. The molecule has 1 aromatic heterocycles. The fourth-order valence-electron chi connectivity index (χ4n) is 5.50. The molecule has 1 aromatic carbocycles. The minimum absolute atomic E-state index is 0.126. The highest BCUT2D eigenvalue weighted by Gasteiger charge is 2.38. The van der Waals surface area contributed by atoms with Crippen LogP contribution in [0.25, 0.3) is 11.4 Å². The molecule has 0 spiro atoms. The number of aryl methyl sites for hydroxylation is 1. The van der Waals surface area contributed by atoms with Crippen molar-refractivity contribution in [2.75, 3.05) is 0 Å². The van der Waals surface area contributed by atoms with Crippen molar-refractivity contribution in [1.82, 2.24) is 9.97 Å². The number of hydrogen-bond acceptors (Lipinski definition) is 5. The first-order valence-electron chi connectivity index (χ1n) is 15.1. The summed E-state index contributed by atoms with van der Waals surface area (Å²) in [5, 5.41) is 9.87. The molecule has 38 heavy (non-hydrogen) atoms. The van der Waals surface area contributed by atoms with E-state index in [-0.39, 0.29) is 17.3 Å². The van der Waals surface area contributed by atoms with Gasteiger partial charge < -0.3 is 4.74 Å². The minimum Gasteiger partial charge on any atom is -0.426 e. The van der Waals surface area contributed by atoms with Crippen molar-refractivity contribution < 1.29 is 9.53 Å². The van der Waals surface area contributed by atoms with Gasteiger partial charge in [-0.25, -0.2) is 9.97 Å². The molecule has 1 heterocycles. The Morgan fingerprint density at radius 1 is 0.895 bits per heavy atom. The lowest BCUT2D eigenvalue weighted by Crippen LogP contribution is -2.31. The zero-order chi connectivity index (χ0) is 27.1. The monoisotopic (exact) mass is 517 g/mol. The third-order valence-electron chi connectivity index (χ3n) is 8.13. The van der Waals surface area contributed by atoms with Gasteiger partial charge in [-0.3, -0.25) is 4.79 Å². The molecule has 0 amide bonds. The van der Waals surface area contributed by atoms with Crippen LogP contribution in [0.15, 0.2) is 36.7 Å². The van der Waals surface area contributed by atoms with Crippen molar-refractivity contribution in [3.05, 3.63) is 42.2 Å². The van der Waals surface area contributed by atoms with Crippen LogP contribution in [0.4, 0.5) is 0 Å². The normalized spacial score (nSPS) is 19.1. The zero-order valence-electron chi connectivity index (χ0n) is 23.7. The third kappa shape index (κ3) is 9.53. The Kier molecular flexibility index (Phi) is 12.8. The van der Waals surface area contributed by atoms with Gasteiger partial charge in [0.1, 0.15) is 5.75 Å². The first-order valence-corrected chi connectivity index (χ1v) is 15.1. The quantitative estimate of drug-likeness (QED) is 0.126. The lowest BCUT2D eigenvalue weighted by atomic mass is 9.69. The van der Waals surface area contributed by atoms with Gasteiger partial charge in [-0.1, -0.05) is 78.1 Å². The first-order chi connectivity index (χ1) is 18.6. The lowest BCUT2D eigenvalue weighted by molar-refractivity contribution is -0.140. The molecule has 0 N–H and O–H groups in total. The number of nitrogens with zero attached hydrogens (tertiary/aromatic N) is 3. The Morgan fingerprint density at radius 2 is 1.47 bits per heavy atom. The predicted octanol–water partition coefficient (Wildman–Crippen LogP) is 9.01. The standard InChI is InChI=1S/C33H47N3O2/c1-3-5-7-9-11-13-21-33(26-34)22-19-29(20-23-33)32(37)38-30-17-15-28(16-18-30)31-35-24-27(25-36-31)14-12-10-8-6-4-2/h15-18,24-25,29H,3-14,19-23H2,1-2H3/t29-,33-. The number of nitriles is 1. The second-order valence-corrected chi connectivity index (χ2v) is 11.2. The van der Waals surface area contributed by atoms with Crippen LogP contribution in [0.2, 0.25) is 0 Å².